The Morgan fingerprint density at radius 3 is 1.05 bits per heavy atom. The van der Waals surface area contributed by atoms with Gasteiger partial charge in [-0.2, -0.15) is 0 Å². The van der Waals surface area contributed by atoms with Crippen LogP contribution in [0.25, 0.3) is 0 Å². The minimum absolute atomic E-state index is 0.363. The van der Waals surface area contributed by atoms with Gasteiger partial charge >= 0.3 is 410 Å². The molecule has 62 heavy (non-hydrogen) atoms. The van der Waals surface area contributed by atoms with E-state index in [2.05, 4.69) is 233 Å². The maximum absolute atomic E-state index is 7.85. The maximum atomic E-state index is 7.85. The van der Waals surface area contributed by atoms with Crippen molar-refractivity contribution in [3.8, 4) is 0 Å². The third-order valence-electron chi connectivity index (χ3n) is 13.1. The zero-order chi connectivity index (χ0) is 48.2. The van der Waals surface area contributed by atoms with Gasteiger partial charge in [-0.05, 0) is 0 Å². The van der Waals surface area contributed by atoms with E-state index in [1.807, 2.05) is 0 Å². The van der Waals surface area contributed by atoms with E-state index in [-0.39, 0.29) is 0 Å². The van der Waals surface area contributed by atoms with Gasteiger partial charge in [0.1, 0.15) is 0 Å². The average molecular weight is 1110 g/mol. The average Bonchev–Trinajstić information content (AvgIpc) is 3.00. The molecule has 0 aliphatic heterocycles. The van der Waals surface area contributed by atoms with Crippen LogP contribution in [-0.4, -0.2) is 89.2 Å². The summed E-state index contributed by atoms with van der Waals surface area (Å²) in [6.07, 6.45) is 0. The number of rotatable bonds is 17. The Balaban J connectivity index is 2.99. The van der Waals surface area contributed by atoms with Crippen LogP contribution < -0.4 is 7.16 Å². The molecule has 0 atom stereocenters. The van der Waals surface area contributed by atoms with Crippen LogP contribution in [0.15, 0.2) is 41.6 Å². The molecule has 10 heteroatoms. The number of oxime groups is 1. The van der Waals surface area contributed by atoms with Gasteiger partial charge in [-0.25, -0.2) is 0 Å². The topological polar surface area (TPSA) is 21.6 Å². The first-order valence-electron chi connectivity index (χ1n) is 24.0. The van der Waals surface area contributed by atoms with Gasteiger partial charge < -0.3 is 0 Å². The van der Waals surface area contributed by atoms with Crippen molar-refractivity contribution in [1.29, 1.82) is 0 Å². The Labute approximate surface area is 406 Å². The fraction of sp³-hybridized carbons (Fsp3) is 0.635. The first-order valence-corrected chi connectivity index (χ1v) is 50.3. The van der Waals surface area contributed by atoms with E-state index in [0.717, 1.165) is 4.61 Å². The van der Waals surface area contributed by atoms with Crippen molar-refractivity contribution in [1.82, 2.24) is 0 Å². The molecule has 0 aromatic heterocycles. The molecule has 3 aromatic carbocycles. The van der Waals surface area contributed by atoms with Crippen molar-refractivity contribution in [2.24, 2.45) is 5.16 Å². The fourth-order valence-electron chi connectivity index (χ4n) is 12.4. The summed E-state index contributed by atoms with van der Waals surface area (Å²) in [5.74, 6) is 1.18. The van der Waals surface area contributed by atoms with Crippen LogP contribution in [0.2, 0.25) is 118 Å². The van der Waals surface area contributed by atoms with Crippen LogP contribution in [0.1, 0.15) is 130 Å². The Morgan fingerprint density at radius 1 is 0.452 bits per heavy atom. The number of benzene rings is 3. The van der Waals surface area contributed by atoms with Crippen molar-refractivity contribution in [2.75, 3.05) is 0 Å². The Bertz CT molecular complexity index is 1940. The van der Waals surface area contributed by atoms with Gasteiger partial charge in [0, 0.05) is 0 Å². The Kier molecular flexibility index (Phi) is 18.2. The molecule has 0 saturated carbocycles. The van der Waals surface area contributed by atoms with Gasteiger partial charge in [0.05, 0.1) is 0 Å². The van der Waals surface area contributed by atoms with Gasteiger partial charge in [0.2, 0.25) is 0 Å². The molecule has 0 amide bonds. The molecule has 0 aliphatic carbocycles. The van der Waals surface area contributed by atoms with Gasteiger partial charge in [-0.15, -0.1) is 0 Å². The van der Waals surface area contributed by atoms with Crippen LogP contribution >= 0.6 is 0 Å². The third kappa shape index (κ3) is 13.3. The first kappa shape index (κ1) is 56.1. The summed E-state index contributed by atoms with van der Waals surface area (Å²) in [5, 5.41) is 7.27. The monoisotopic (exact) mass is 1120 g/mol. The van der Waals surface area contributed by atoms with E-state index in [1.165, 1.54) is 38.9 Å². The van der Waals surface area contributed by atoms with Crippen molar-refractivity contribution >= 4 is 96.4 Å². The second kappa shape index (κ2) is 20.1. The third-order valence-corrected chi connectivity index (χ3v) is 48.2. The quantitative estimate of drug-likeness (QED) is 0.0750. The Morgan fingerprint density at radius 2 is 0.758 bits per heavy atom. The van der Waals surface area contributed by atoms with Crippen LogP contribution in [0.4, 0.5) is 0 Å². The molecule has 0 fully saturated rings. The van der Waals surface area contributed by atoms with Gasteiger partial charge in [-0.1, -0.05) is 0 Å². The standard InChI is InChI=1S/C27H59Si6.C15H23.C10H12NOSe.Sn/c1-28(2,3)25(29(4,5)6)22-19-23(26(30(7,8)9)31(10,11)12)21-24(20-22)27(32(13,14)15)33(16,17)18;1-10(2)13-7-14(11(3)4)9-15(8-13)12(5)6;1-6-4-7(2)9(8(3)5-6)10(13)11-12;/h19-20,25-27H,1-18H3;7-8,10-12H,1-6H3;4-5,12H,1-3H3;/q;;;+1/p-1/b;;11-10-;. The number of nitrogens with zero attached hydrogens (tertiary/aromatic N) is 1. The molecule has 3 aromatic rings. The normalized spacial score (nSPS) is 14.3. The summed E-state index contributed by atoms with van der Waals surface area (Å²) in [6.45, 7) is 69.4. The number of hydrogen-bond acceptors (Lipinski definition) is 2. The van der Waals surface area contributed by atoms with Crippen LogP contribution in [0.5, 0.6) is 0 Å². The van der Waals surface area contributed by atoms with Crippen LogP contribution in [-0.2, 0) is 3.17 Å². The molecule has 0 spiro atoms. The Hall–Kier alpha value is -0.251. The molecule has 0 saturated heterocycles. The van der Waals surface area contributed by atoms with E-state index >= 15 is 0 Å². The fourth-order valence-corrected chi connectivity index (χ4v) is 61.5. The second-order valence-corrected chi connectivity index (χ2v) is 66.4. The van der Waals surface area contributed by atoms with Crippen LogP contribution in [0, 0.1) is 20.8 Å². The first-order chi connectivity index (χ1) is 27.7. The van der Waals surface area contributed by atoms with Crippen molar-refractivity contribution in [3.05, 3.63) is 92.0 Å². The molecule has 0 N–H and O–H groups in total. The number of aryl methyl sites for hydroxylation is 3. The number of hydrogen-bond donors (Lipinski definition) is 0. The van der Waals surface area contributed by atoms with E-state index in [0.29, 0.717) is 33.2 Å². The summed E-state index contributed by atoms with van der Waals surface area (Å²) in [6, 6.07) is 15.6. The SMILES string of the molecule is Cc1cc(C)c(/C([Se])=N/[O][Sn]([c]2c(C(C)C)cc(C(C)C)cc2C(C)C)[c]2c(C([Si](C)(C)C)[Si](C)(C)C)cc(C([Si](C)(C)C)[Si](C)(C)C)cc2C([Si](C)(C)C)[Si](C)(C)C)c(C)c1. The van der Waals surface area contributed by atoms with E-state index < -0.39 is 68.6 Å². The summed E-state index contributed by atoms with van der Waals surface area (Å²) in [5.41, 5.74) is 14.6. The summed E-state index contributed by atoms with van der Waals surface area (Å²) >= 11 is -0.0931. The summed E-state index contributed by atoms with van der Waals surface area (Å²) in [4.78, 5) is 0. The second-order valence-electron chi connectivity index (χ2n) is 26.7. The molecule has 0 aliphatic rings. The van der Waals surface area contributed by atoms with Crippen molar-refractivity contribution in [2.45, 2.75) is 213 Å². The van der Waals surface area contributed by atoms with Crippen molar-refractivity contribution < 1.29 is 3.17 Å². The molecule has 0 bridgehead atoms. The zero-order valence-electron chi connectivity index (χ0n) is 45.2. The van der Waals surface area contributed by atoms with E-state index in [9.17, 15) is 0 Å². The van der Waals surface area contributed by atoms with Crippen molar-refractivity contribution in [3.63, 3.8) is 0 Å². The molecule has 0 unspecified atom stereocenters. The molecular weight excluding hydrogens is 1020 g/mol. The predicted octanol–water partition coefficient (Wildman–Crippen LogP) is 15.1. The molecule has 2 nitrogen and oxygen atoms in total. The van der Waals surface area contributed by atoms with E-state index in [1.54, 1.807) is 23.8 Å². The van der Waals surface area contributed by atoms with Gasteiger partial charge in [0.25, 0.3) is 0 Å². The minimum atomic E-state index is -3.57. The molecular formula is C52H93NOSeSi6Sn. The van der Waals surface area contributed by atoms with Crippen LogP contribution in [0.3, 0.4) is 0 Å². The predicted molar refractivity (Wildman–Crippen MR) is 303 cm³/mol. The molecule has 2 radical (unpaired) electrons. The summed E-state index contributed by atoms with van der Waals surface area (Å²) in [7, 11) is -10.5. The summed E-state index contributed by atoms with van der Waals surface area (Å²) < 4.78 is 12.0. The van der Waals surface area contributed by atoms with Gasteiger partial charge in [-0.3, -0.25) is 0 Å². The molecule has 346 valence electrons. The van der Waals surface area contributed by atoms with Gasteiger partial charge in [0.15, 0.2) is 0 Å². The zero-order valence-corrected chi connectivity index (χ0v) is 55.8. The molecule has 0 heterocycles. The molecule has 3 rings (SSSR count). The van der Waals surface area contributed by atoms with E-state index in [4.69, 9.17) is 8.33 Å².